The number of rotatable bonds is 5. The van der Waals surface area contributed by atoms with Gasteiger partial charge in [-0.2, -0.15) is 0 Å². The number of anilines is 2. The summed E-state index contributed by atoms with van der Waals surface area (Å²) < 4.78 is 4.91. The molecule has 24 heavy (non-hydrogen) atoms. The molecule has 1 aliphatic rings. The summed E-state index contributed by atoms with van der Waals surface area (Å²) in [6.45, 7) is 3.78. The number of aromatic nitrogens is 2. The maximum atomic E-state index is 12.3. The van der Waals surface area contributed by atoms with Gasteiger partial charge in [-0.25, -0.2) is 4.98 Å². The second-order valence-corrected chi connectivity index (χ2v) is 6.33. The fourth-order valence-electron chi connectivity index (χ4n) is 2.94. The molecule has 1 aliphatic heterocycles. The van der Waals surface area contributed by atoms with Crippen LogP contribution in [-0.2, 0) is 11.2 Å². The third kappa shape index (κ3) is 3.87. The zero-order valence-electron chi connectivity index (χ0n) is 13.7. The monoisotopic (exact) mass is 348 g/mol. The first kappa shape index (κ1) is 16.8. The minimum atomic E-state index is -0.0714. The van der Waals surface area contributed by atoms with Crippen molar-refractivity contribution < 1.29 is 9.32 Å². The maximum Gasteiger partial charge on any atom is 0.229 e. The quantitative estimate of drug-likeness (QED) is 0.894. The van der Waals surface area contributed by atoms with Crippen molar-refractivity contribution in [1.29, 1.82) is 0 Å². The zero-order valence-corrected chi connectivity index (χ0v) is 14.5. The highest BCUT2D eigenvalue weighted by molar-refractivity contribution is 6.29. The SMILES string of the molecule is Cc1noc(Cl)c1CCC(=O)Nc1cccnc1N1CCCCC1. The topological polar surface area (TPSA) is 71.3 Å². The van der Waals surface area contributed by atoms with Crippen LogP contribution in [0.25, 0.3) is 0 Å². The van der Waals surface area contributed by atoms with Gasteiger partial charge in [0.25, 0.3) is 0 Å². The van der Waals surface area contributed by atoms with Crippen LogP contribution in [0.4, 0.5) is 11.5 Å². The summed E-state index contributed by atoms with van der Waals surface area (Å²) in [7, 11) is 0. The largest absolute Gasteiger partial charge is 0.355 e. The molecular weight excluding hydrogens is 328 g/mol. The van der Waals surface area contributed by atoms with E-state index >= 15 is 0 Å². The predicted molar refractivity (Wildman–Crippen MR) is 93.5 cm³/mol. The number of pyridine rings is 1. The average molecular weight is 349 g/mol. The Morgan fingerprint density at radius 2 is 2.17 bits per heavy atom. The lowest BCUT2D eigenvalue weighted by Crippen LogP contribution is -2.31. The number of hydrogen-bond donors (Lipinski definition) is 1. The minimum Gasteiger partial charge on any atom is -0.355 e. The molecule has 0 atom stereocenters. The molecule has 128 valence electrons. The van der Waals surface area contributed by atoms with Crippen LogP contribution >= 0.6 is 11.6 Å². The van der Waals surface area contributed by atoms with Gasteiger partial charge in [0.05, 0.1) is 11.4 Å². The van der Waals surface area contributed by atoms with Crippen LogP contribution in [0, 0.1) is 6.92 Å². The number of amides is 1. The van der Waals surface area contributed by atoms with Gasteiger partial charge in [-0.05, 0) is 56.3 Å². The van der Waals surface area contributed by atoms with E-state index in [2.05, 4.69) is 20.4 Å². The Morgan fingerprint density at radius 1 is 1.38 bits per heavy atom. The fourth-order valence-corrected chi connectivity index (χ4v) is 3.21. The first-order valence-electron chi connectivity index (χ1n) is 8.25. The molecule has 1 fully saturated rings. The lowest BCUT2D eigenvalue weighted by atomic mass is 10.1. The van der Waals surface area contributed by atoms with Crippen LogP contribution in [0.5, 0.6) is 0 Å². The number of aryl methyl sites for hydroxylation is 1. The molecule has 2 aromatic rings. The van der Waals surface area contributed by atoms with Crippen LogP contribution in [0.2, 0.25) is 5.22 Å². The van der Waals surface area contributed by atoms with E-state index < -0.39 is 0 Å². The Labute approximate surface area is 146 Å². The standard InChI is InChI=1S/C17H21ClN4O2/c1-12-13(16(18)24-21-12)7-8-15(23)20-14-6-5-9-19-17(14)22-10-3-2-4-11-22/h5-6,9H,2-4,7-8,10-11H2,1H3,(H,20,23). The van der Waals surface area contributed by atoms with E-state index in [0.29, 0.717) is 12.8 Å². The molecule has 6 nitrogen and oxygen atoms in total. The molecule has 0 aromatic carbocycles. The van der Waals surface area contributed by atoms with Crippen molar-refractivity contribution in [3.8, 4) is 0 Å². The number of nitrogens with one attached hydrogen (secondary N) is 1. The highest BCUT2D eigenvalue weighted by Gasteiger charge is 2.18. The van der Waals surface area contributed by atoms with E-state index in [1.165, 1.54) is 6.42 Å². The van der Waals surface area contributed by atoms with E-state index in [1.807, 2.05) is 19.1 Å². The van der Waals surface area contributed by atoms with Gasteiger partial charge in [0.15, 0.2) is 5.82 Å². The summed E-state index contributed by atoms with van der Waals surface area (Å²) in [5.74, 6) is 0.780. The smallest absolute Gasteiger partial charge is 0.229 e. The molecule has 3 rings (SSSR count). The Balaban J connectivity index is 1.64. The molecule has 1 amide bonds. The van der Waals surface area contributed by atoms with Gasteiger partial charge < -0.3 is 14.7 Å². The second kappa shape index (κ2) is 7.66. The van der Waals surface area contributed by atoms with Gasteiger partial charge in [0, 0.05) is 31.3 Å². The van der Waals surface area contributed by atoms with Crippen LogP contribution in [0.3, 0.4) is 0 Å². The molecule has 7 heteroatoms. The third-order valence-electron chi connectivity index (χ3n) is 4.26. The van der Waals surface area contributed by atoms with Crippen LogP contribution in [0.15, 0.2) is 22.9 Å². The predicted octanol–water partition coefficient (Wildman–Crippen LogP) is 3.59. The van der Waals surface area contributed by atoms with Crippen molar-refractivity contribution in [3.05, 3.63) is 34.8 Å². The molecule has 0 spiro atoms. The van der Waals surface area contributed by atoms with Crippen LogP contribution in [0.1, 0.15) is 36.9 Å². The molecule has 0 unspecified atom stereocenters. The Bertz CT molecular complexity index is 691. The summed E-state index contributed by atoms with van der Waals surface area (Å²) in [6, 6.07) is 3.73. The first-order valence-corrected chi connectivity index (χ1v) is 8.63. The van der Waals surface area contributed by atoms with Crippen molar-refractivity contribution >= 4 is 29.0 Å². The molecule has 2 aromatic heterocycles. The second-order valence-electron chi connectivity index (χ2n) is 5.99. The van der Waals surface area contributed by atoms with E-state index in [0.717, 1.165) is 48.7 Å². The third-order valence-corrected chi connectivity index (χ3v) is 4.55. The van der Waals surface area contributed by atoms with Crippen molar-refractivity contribution in [2.45, 2.75) is 39.0 Å². The van der Waals surface area contributed by atoms with E-state index in [9.17, 15) is 4.79 Å². The number of piperidine rings is 1. The molecule has 0 aliphatic carbocycles. The summed E-state index contributed by atoms with van der Waals surface area (Å²) >= 11 is 5.94. The molecule has 0 saturated carbocycles. The Kier molecular flexibility index (Phi) is 5.35. The molecule has 1 N–H and O–H groups in total. The van der Waals surface area contributed by atoms with Crippen molar-refractivity contribution in [2.75, 3.05) is 23.3 Å². The van der Waals surface area contributed by atoms with Gasteiger partial charge in [-0.1, -0.05) is 5.16 Å². The Morgan fingerprint density at radius 3 is 2.88 bits per heavy atom. The number of nitrogens with zero attached hydrogens (tertiary/aromatic N) is 3. The van der Waals surface area contributed by atoms with Crippen molar-refractivity contribution in [3.63, 3.8) is 0 Å². The van der Waals surface area contributed by atoms with E-state index in [1.54, 1.807) is 6.20 Å². The highest BCUT2D eigenvalue weighted by atomic mass is 35.5. The van der Waals surface area contributed by atoms with E-state index in [-0.39, 0.29) is 11.1 Å². The Hall–Kier alpha value is -2.08. The van der Waals surface area contributed by atoms with E-state index in [4.69, 9.17) is 16.1 Å². The number of hydrogen-bond acceptors (Lipinski definition) is 5. The summed E-state index contributed by atoms with van der Waals surface area (Å²) in [5, 5.41) is 7.03. The number of carbonyl (C=O) groups excluding carboxylic acids is 1. The molecule has 3 heterocycles. The van der Waals surface area contributed by atoms with Crippen LogP contribution < -0.4 is 10.2 Å². The van der Waals surface area contributed by atoms with Gasteiger partial charge in [0.1, 0.15) is 0 Å². The molecule has 1 saturated heterocycles. The molecule has 0 radical (unpaired) electrons. The normalized spacial score (nSPS) is 14.7. The average Bonchev–Trinajstić information content (AvgIpc) is 2.92. The summed E-state index contributed by atoms with van der Waals surface area (Å²) in [5.41, 5.74) is 2.27. The number of carbonyl (C=O) groups is 1. The van der Waals surface area contributed by atoms with Gasteiger partial charge in [-0.3, -0.25) is 4.79 Å². The lowest BCUT2D eigenvalue weighted by molar-refractivity contribution is -0.116. The first-order chi connectivity index (χ1) is 11.6. The molecule has 0 bridgehead atoms. The van der Waals surface area contributed by atoms with Crippen LogP contribution in [-0.4, -0.2) is 29.1 Å². The molecular formula is C17H21ClN4O2. The highest BCUT2D eigenvalue weighted by Crippen LogP contribution is 2.26. The summed E-state index contributed by atoms with van der Waals surface area (Å²) in [4.78, 5) is 19.0. The fraction of sp³-hybridized carbons (Fsp3) is 0.471. The summed E-state index contributed by atoms with van der Waals surface area (Å²) in [6.07, 6.45) is 6.16. The minimum absolute atomic E-state index is 0.0714. The lowest BCUT2D eigenvalue weighted by Gasteiger charge is -2.29. The van der Waals surface area contributed by atoms with Gasteiger partial charge in [0.2, 0.25) is 11.1 Å². The van der Waals surface area contributed by atoms with Gasteiger partial charge in [-0.15, -0.1) is 0 Å². The maximum absolute atomic E-state index is 12.3. The zero-order chi connectivity index (χ0) is 16.9. The number of halogens is 1. The van der Waals surface area contributed by atoms with Crippen molar-refractivity contribution in [2.24, 2.45) is 0 Å². The van der Waals surface area contributed by atoms with Crippen molar-refractivity contribution in [1.82, 2.24) is 10.1 Å². The van der Waals surface area contributed by atoms with Gasteiger partial charge >= 0.3 is 0 Å².